The molecule has 1 heterocycles. The average molecular weight is 347 g/mol. The molecule has 0 atom stereocenters. The Morgan fingerprint density at radius 2 is 1.83 bits per heavy atom. The summed E-state index contributed by atoms with van der Waals surface area (Å²) in [4.78, 5) is 28.2. The van der Waals surface area contributed by atoms with Crippen LogP contribution in [-0.2, 0) is 9.53 Å². The third-order valence-corrected chi connectivity index (χ3v) is 4.55. The van der Waals surface area contributed by atoms with Crippen LogP contribution in [0.3, 0.4) is 0 Å². The van der Waals surface area contributed by atoms with Gasteiger partial charge in [-0.1, -0.05) is 55.5 Å². The van der Waals surface area contributed by atoms with Crippen molar-refractivity contribution in [2.75, 3.05) is 17.7 Å². The predicted molar refractivity (Wildman–Crippen MR) is 96.3 cm³/mol. The number of benzene rings is 1. The normalized spacial score (nSPS) is 10.5. The van der Waals surface area contributed by atoms with E-state index >= 15 is 0 Å². The monoisotopic (exact) mass is 347 g/mol. The topological polar surface area (TPSA) is 80.3 Å². The number of aromatic nitrogens is 1. The van der Waals surface area contributed by atoms with Crippen molar-refractivity contribution in [3.63, 3.8) is 0 Å². The largest absolute Gasteiger partial charge is 0.453 e. The first kappa shape index (κ1) is 17.9. The number of amides is 2. The molecule has 0 aliphatic rings. The fourth-order valence-electron chi connectivity index (χ4n) is 2.26. The number of rotatable bonds is 6. The van der Waals surface area contributed by atoms with Crippen LogP contribution in [0.15, 0.2) is 30.3 Å². The predicted octanol–water partition coefficient (Wildman–Crippen LogP) is 4.36. The molecule has 6 nitrogen and oxygen atoms in total. The fraction of sp³-hybridized carbons (Fsp3) is 0.353. The summed E-state index contributed by atoms with van der Waals surface area (Å²) in [5.41, 5.74) is 1.50. The second kappa shape index (κ2) is 8.44. The van der Waals surface area contributed by atoms with Crippen LogP contribution in [0.25, 0.3) is 11.3 Å². The van der Waals surface area contributed by atoms with E-state index in [0.29, 0.717) is 15.8 Å². The van der Waals surface area contributed by atoms with E-state index < -0.39 is 6.09 Å². The Morgan fingerprint density at radius 3 is 2.42 bits per heavy atom. The van der Waals surface area contributed by atoms with Gasteiger partial charge in [-0.3, -0.25) is 10.1 Å². The van der Waals surface area contributed by atoms with Gasteiger partial charge in [0, 0.05) is 11.5 Å². The number of carbonyl (C=O) groups excluding carboxylic acids is 2. The van der Waals surface area contributed by atoms with E-state index in [4.69, 9.17) is 0 Å². The maximum absolute atomic E-state index is 12.4. The molecule has 0 fully saturated rings. The number of hydrogen-bond donors (Lipinski definition) is 2. The lowest BCUT2D eigenvalue weighted by Crippen LogP contribution is -2.21. The number of ether oxygens (including phenoxy) is 1. The highest BCUT2D eigenvalue weighted by molar-refractivity contribution is 7.20. The van der Waals surface area contributed by atoms with Crippen molar-refractivity contribution in [2.24, 2.45) is 5.92 Å². The van der Waals surface area contributed by atoms with Crippen molar-refractivity contribution in [2.45, 2.75) is 26.7 Å². The van der Waals surface area contributed by atoms with E-state index in [1.165, 1.54) is 18.4 Å². The summed E-state index contributed by atoms with van der Waals surface area (Å²) in [6.45, 7) is 3.98. The summed E-state index contributed by atoms with van der Waals surface area (Å²) in [5.74, 6) is -0.0850. The van der Waals surface area contributed by atoms with Crippen molar-refractivity contribution >= 4 is 33.5 Å². The van der Waals surface area contributed by atoms with E-state index in [0.717, 1.165) is 18.4 Å². The van der Waals surface area contributed by atoms with Crippen molar-refractivity contribution in [3.8, 4) is 11.3 Å². The summed E-state index contributed by atoms with van der Waals surface area (Å²) in [7, 11) is 1.29. The minimum Gasteiger partial charge on any atom is -0.453 e. The first-order valence-corrected chi connectivity index (χ1v) is 8.62. The van der Waals surface area contributed by atoms with Crippen molar-refractivity contribution in [3.05, 3.63) is 30.3 Å². The van der Waals surface area contributed by atoms with Gasteiger partial charge in [0.2, 0.25) is 5.91 Å². The van der Waals surface area contributed by atoms with E-state index in [2.05, 4.69) is 20.4 Å². The van der Waals surface area contributed by atoms with Gasteiger partial charge in [-0.05, 0) is 12.8 Å². The zero-order chi connectivity index (χ0) is 17.5. The van der Waals surface area contributed by atoms with Crippen LogP contribution in [0.4, 0.5) is 14.9 Å². The third kappa shape index (κ3) is 4.32. The van der Waals surface area contributed by atoms with Gasteiger partial charge in [-0.25, -0.2) is 9.78 Å². The van der Waals surface area contributed by atoms with E-state index in [1.54, 1.807) is 0 Å². The first-order valence-electron chi connectivity index (χ1n) is 7.81. The molecule has 2 amide bonds. The second-order valence-electron chi connectivity index (χ2n) is 5.18. The van der Waals surface area contributed by atoms with Crippen LogP contribution >= 0.6 is 11.3 Å². The number of methoxy groups -OCH3 is 1. The maximum Gasteiger partial charge on any atom is 0.413 e. The zero-order valence-electron chi connectivity index (χ0n) is 14.0. The molecule has 128 valence electrons. The molecule has 0 spiro atoms. The van der Waals surface area contributed by atoms with Crippen LogP contribution < -0.4 is 10.6 Å². The zero-order valence-corrected chi connectivity index (χ0v) is 14.8. The molecule has 0 saturated carbocycles. The summed E-state index contributed by atoms with van der Waals surface area (Å²) in [5, 5.41) is 6.49. The third-order valence-electron chi connectivity index (χ3n) is 3.66. The molecule has 0 bridgehead atoms. The molecule has 0 aliphatic carbocycles. The number of nitrogens with one attached hydrogen (secondary N) is 2. The summed E-state index contributed by atoms with van der Waals surface area (Å²) < 4.78 is 4.59. The van der Waals surface area contributed by atoms with Crippen molar-refractivity contribution in [1.29, 1.82) is 0 Å². The molecule has 0 aliphatic heterocycles. The molecule has 1 aromatic heterocycles. The Kier molecular flexibility index (Phi) is 6.31. The number of nitrogens with zero attached hydrogens (tertiary/aromatic N) is 1. The van der Waals surface area contributed by atoms with Crippen molar-refractivity contribution in [1.82, 2.24) is 4.98 Å². The van der Waals surface area contributed by atoms with Gasteiger partial charge in [0.1, 0.15) is 10.7 Å². The van der Waals surface area contributed by atoms with E-state index in [9.17, 15) is 9.59 Å². The van der Waals surface area contributed by atoms with Gasteiger partial charge >= 0.3 is 6.09 Å². The van der Waals surface area contributed by atoms with E-state index in [1.807, 2.05) is 44.2 Å². The molecule has 0 radical (unpaired) electrons. The maximum atomic E-state index is 12.4. The highest BCUT2D eigenvalue weighted by atomic mass is 32.1. The molecule has 2 N–H and O–H groups in total. The van der Waals surface area contributed by atoms with Crippen LogP contribution in [-0.4, -0.2) is 24.1 Å². The molecule has 1 aromatic carbocycles. The molecule has 0 unspecified atom stereocenters. The van der Waals surface area contributed by atoms with Crippen LogP contribution in [0.1, 0.15) is 26.7 Å². The SMILES string of the molecule is CCC(CC)C(=O)Nc1sc(NC(=O)OC)nc1-c1ccccc1. The Morgan fingerprint density at radius 1 is 1.17 bits per heavy atom. The van der Waals surface area contributed by atoms with Crippen LogP contribution in [0, 0.1) is 5.92 Å². The lowest BCUT2D eigenvalue weighted by Gasteiger charge is -2.12. The van der Waals surface area contributed by atoms with Gasteiger partial charge in [0.25, 0.3) is 0 Å². The number of anilines is 2. The minimum atomic E-state index is -0.596. The smallest absolute Gasteiger partial charge is 0.413 e. The Labute approximate surface area is 145 Å². The molecule has 2 aromatic rings. The fourth-order valence-corrected chi connectivity index (χ4v) is 3.14. The molecule has 0 saturated heterocycles. The Hall–Kier alpha value is -2.41. The number of hydrogen-bond acceptors (Lipinski definition) is 5. The number of carbonyl (C=O) groups is 2. The summed E-state index contributed by atoms with van der Waals surface area (Å²) in [6, 6.07) is 9.52. The lowest BCUT2D eigenvalue weighted by molar-refractivity contribution is -0.120. The van der Waals surface area contributed by atoms with Gasteiger partial charge in [-0.2, -0.15) is 0 Å². The summed E-state index contributed by atoms with van der Waals surface area (Å²) >= 11 is 1.21. The molecule has 24 heavy (non-hydrogen) atoms. The minimum absolute atomic E-state index is 0.0366. The van der Waals surface area contributed by atoms with Crippen LogP contribution in [0.5, 0.6) is 0 Å². The van der Waals surface area contributed by atoms with Gasteiger partial charge < -0.3 is 10.1 Å². The highest BCUT2D eigenvalue weighted by Crippen LogP contribution is 2.36. The van der Waals surface area contributed by atoms with Gasteiger partial charge in [-0.15, -0.1) is 0 Å². The lowest BCUT2D eigenvalue weighted by atomic mass is 10.0. The Bertz CT molecular complexity index is 696. The molecular formula is C17H21N3O3S. The van der Waals surface area contributed by atoms with Crippen molar-refractivity contribution < 1.29 is 14.3 Å². The van der Waals surface area contributed by atoms with E-state index in [-0.39, 0.29) is 11.8 Å². The average Bonchev–Trinajstić information content (AvgIpc) is 2.98. The summed E-state index contributed by atoms with van der Waals surface area (Å²) in [6.07, 6.45) is 0.950. The molecule has 7 heteroatoms. The number of thiazole rings is 1. The molecule has 2 rings (SSSR count). The second-order valence-corrected chi connectivity index (χ2v) is 6.18. The first-order chi connectivity index (χ1) is 11.6. The standard InChI is InChI=1S/C17H21N3O3S/c1-4-11(5-2)14(21)19-15-13(12-9-7-6-8-10-12)18-16(24-15)20-17(22)23-3/h6-11H,4-5H2,1-3H3,(H,19,21)(H,18,20,22). The highest BCUT2D eigenvalue weighted by Gasteiger charge is 2.20. The van der Waals surface area contributed by atoms with Crippen LogP contribution in [0.2, 0.25) is 0 Å². The quantitative estimate of drug-likeness (QED) is 0.813. The Balaban J connectivity index is 2.33. The molecular weight excluding hydrogens is 326 g/mol. The van der Waals surface area contributed by atoms with Gasteiger partial charge in [0.15, 0.2) is 5.13 Å². The van der Waals surface area contributed by atoms with Gasteiger partial charge in [0.05, 0.1) is 7.11 Å².